The molecule has 3 rings (SSSR count). The number of hydrogen-bond acceptors (Lipinski definition) is 5. The number of methoxy groups -OCH3 is 2. The molecule has 0 saturated heterocycles. The van der Waals surface area contributed by atoms with E-state index in [9.17, 15) is 0 Å². The van der Waals surface area contributed by atoms with E-state index in [-0.39, 0.29) is 0 Å². The van der Waals surface area contributed by atoms with Gasteiger partial charge in [-0.25, -0.2) is 0 Å². The predicted octanol–water partition coefficient (Wildman–Crippen LogP) is 5.84. The highest BCUT2D eigenvalue weighted by molar-refractivity contribution is 7.26. The molecule has 0 aliphatic heterocycles. The van der Waals surface area contributed by atoms with Crippen LogP contribution in [0.4, 0.5) is 0 Å². The molecule has 0 saturated carbocycles. The first-order valence-corrected chi connectivity index (χ1v) is 8.96. The lowest BCUT2D eigenvalue weighted by Gasteiger charge is -2.00. The van der Waals surface area contributed by atoms with Crippen molar-refractivity contribution < 1.29 is 9.47 Å². The van der Waals surface area contributed by atoms with Crippen molar-refractivity contribution in [3.8, 4) is 31.0 Å². The molecule has 3 aromatic rings. The van der Waals surface area contributed by atoms with Crippen molar-refractivity contribution in [2.45, 2.75) is 13.8 Å². The van der Waals surface area contributed by atoms with E-state index >= 15 is 0 Å². The summed E-state index contributed by atoms with van der Waals surface area (Å²) in [6.07, 6.45) is 0. The van der Waals surface area contributed by atoms with E-state index < -0.39 is 0 Å². The van der Waals surface area contributed by atoms with Crippen LogP contribution in [0.2, 0.25) is 0 Å². The van der Waals surface area contributed by atoms with Crippen LogP contribution >= 0.6 is 34.0 Å². The van der Waals surface area contributed by atoms with E-state index in [2.05, 4.69) is 38.1 Å². The Balaban J connectivity index is 2.03. The second-order valence-electron chi connectivity index (χ2n) is 4.67. The highest BCUT2D eigenvalue weighted by Gasteiger charge is 2.16. The Morgan fingerprint density at radius 3 is 1.52 bits per heavy atom. The van der Waals surface area contributed by atoms with Crippen LogP contribution < -0.4 is 9.47 Å². The number of aryl methyl sites for hydroxylation is 2. The lowest BCUT2D eigenvalue weighted by molar-refractivity contribution is 0.418. The molecule has 0 amide bonds. The summed E-state index contributed by atoms with van der Waals surface area (Å²) < 4.78 is 11.0. The topological polar surface area (TPSA) is 18.5 Å². The van der Waals surface area contributed by atoms with Crippen LogP contribution in [0.1, 0.15) is 9.75 Å². The largest absolute Gasteiger partial charge is 0.495 e. The first-order chi connectivity index (χ1) is 10.1. The fourth-order valence-electron chi connectivity index (χ4n) is 2.21. The van der Waals surface area contributed by atoms with Crippen molar-refractivity contribution in [2.24, 2.45) is 0 Å². The molecule has 0 bridgehead atoms. The van der Waals surface area contributed by atoms with Gasteiger partial charge in [-0.05, 0) is 38.1 Å². The highest BCUT2D eigenvalue weighted by atomic mass is 32.1. The van der Waals surface area contributed by atoms with Crippen LogP contribution in [-0.4, -0.2) is 14.2 Å². The summed E-state index contributed by atoms with van der Waals surface area (Å²) >= 11 is 5.33. The van der Waals surface area contributed by atoms with Crippen molar-refractivity contribution in [1.29, 1.82) is 0 Å². The first kappa shape index (κ1) is 14.6. The van der Waals surface area contributed by atoms with Crippen LogP contribution in [0.25, 0.3) is 19.5 Å². The van der Waals surface area contributed by atoms with Gasteiger partial charge in [-0.3, -0.25) is 0 Å². The smallest absolute Gasteiger partial charge is 0.138 e. The van der Waals surface area contributed by atoms with Gasteiger partial charge in [-0.2, -0.15) is 0 Å². The van der Waals surface area contributed by atoms with Gasteiger partial charge in [0.2, 0.25) is 0 Å². The standard InChI is InChI=1S/C16H16O2S3/c1-9-7-11(17-3)15(19-9)13-5-6-14(21-13)16-12(18-4)8-10(2)20-16/h5-8H,1-4H3. The van der Waals surface area contributed by atoms with Crippen molar-refractivity contribution in [1.82, 2.24) is 0 Å². The number of rotatable bonds is 4. The second kappa shape index (κ2) is 5.83. The molecular weight excluding hydrogens is 320 g/mol. The van der Waals surface area contributed by atoms with E-state index in [0.29, 0.717) is 0 Å². The summed E-state index contributed by atoms with van der Waals surface area (Å²) in [6, 6.07) is 8.52. The van der Waals surface area contributed by atoms with Crippen LogP contribution in [0.5, 0.6) is 11.5 Å². The first-order valence-electron chi connectivity index (χ1n) is 6.51. The SMILES string of the molecule is COc1cc(C)sc1-c1ccc(-c2sc(C)cc2OC)s1. The zero-order valence-electron chi connectivity index (χ0n) is 12.4. The molecule has 0 aromatic carbocycles. The molecule has 21 heavy (non-hydrogen) atoms. The van der Waals surface area contributed by atoms with Crippen molar-refractivity contribution >= 4 is 34.0 Å². The fraction of sp³-hybridized carbons (Fsp3) is 0.250. The third-order valence-corrected chi connectivity index (χ3v) is 6.64. The van der Waals surface area contributed by atoms with Crippen molar-refractivity contribution in [2.75, 3.05) is 14.2 Å². The Morgan fingerprint density at radius 1 is 0.714 bits per heavy atom. The monoisotopic (exact) mass is 336 g/mol. The van der Waals surface area contributed by atoms with Gasteiger partial charge in [0.05, 0.1) is 24.0 Å². The molecule has 0 radical (unpaired) electrons. The minimum atomic E-state index is 0.959. The molecule has 0 atom stereocenters. The maximum Gasteiger partial charge on any atom is 0.138 e. The summed E-state index contributed by atoms with van der Waals surface area (Å²) in [5, 5.41) is 0. The second-order valence-corrected chi connectivity index (χ2v) is 8.27. The summed E-state index contributed by atoms with van der Waals surface area (Å²) in [5.74, 6) is 1.92. The Bertz CT molecular complexity index is 702. The van der Waals surface area contributed by atoms with E-state index in [0.717, 1.165) is 11.5 Å². The molecule has 0 N–H and O–H groups in total. The predicted molar refractivity (Wildman–Crippen MR) is 93.5 cm³/mol. The lowest BCUT2D eigenvalue weighted by Crippen LogP contribution is -1.80. The molecule has 3 aromatic heterocycles. The van der Waals surface area contributed by atoms with E-state index in [4.69, 9.17) is 9.47 Å². The highest BCUT2D eigenvalue weighted by Crippen LogP contribution is 2.47. The average molecular weight is 337 g/mol. The fourth-order valence-corrected chi connectivity index (χ4v) is 5.40. The Labute approximate surface area is 136 Å². The van der Waals surface area contributed by atoms with Gasteiger partial charge in [-0.1, -0.05) is 0 Å². The van der Waals surface area contributed by atoms with E-state index in [1.165, 1.54) is 29.3 Å². The third kappa shape index (κ3) is 2.73. The van der Waals surface area contributed by atoms with E-state index in [1.807, 2.05) is 0 Å². The van der Waals surface area contributed by atoms with Gasteiger partial charge < -0.3 is 9.47 Å². The van der Waals surface area contributed by atoms with Crippen LogP contribution in [0.3, 0.4) is 0 Å². The van der Waals surface area contributed by atoms with Gasteiger partial charge in [-0.15, -0.1) is 34.0 Å². The molecule has 0 aliphatic carbocycles. The summed E-state index contributed by atoms with van der Waals surface area (Å²) in [6.45, 7) is 4.22. The summed E-state index contributed by atoms with van der Waals surface area (Å²) in [5.41, 5.74) is 0. The zero-order chi connectivity index (χ0) is 15.0. The Morgan fingerprint density at radius 2 is 1.14 bits per heavy atom. The molecule has 2 nitrogen and oxygen atoms in total. The summed E-state index contributed by atoms with van der Waals surface area (Å²) in [7, 11) is 3.45. The molecule has 3 heterocycles. The molecule has 5 heteroatoms. The van der Waals surface area contributed by atoms with Gasteiger partial charge in [0.25, 0.3) is 0 Å². The number of ether oxygens (including phenoxy) is 2. The van der Waals surface area contributed by atoms with Crippen LogP contribution in [0.15, 0.2) is 24.3 Å². The third-order valence-electron chi connectivity index (χ3n) is 3.14. The molecular formula is C16H16O2S3. The Hall–Kier alpha value is -1.30. The summed E-state index contributed by atoms with van der Waals surface area (Å²) in [4.78, 5) is 7.43. The quantitative estimate of drug-likeness (QED) is 0.596. The average Bonchev–Trinajstić information content (AvgIpc) is 3.15. The molecule has 0 fully saturated rings. The Kier molecular flexibility index (Phi) is 4.06. The van der Waals surface area contributed by atoms with Crippen LogP contribution in [0, 0.1) is 13.8 Å². The van der Waals surface area contributed by atoms with Gasteiger partial charge in [0.15, 0.2) is 0 Å². The molecule has 0 unspecified atom stereocenters. The maximum atomic E-state index is 5.48. The minimum absolute atomic E-state index is 0.959. The molecule has 110 valence electrons. The van der Waals surface area contributed by atoms with Gasteiger partial charge in [0.1, 0.15) is 11.5 Å². The minimum Gasteiger partial charge on any atom is -0.495 e. The lowest BCUT2D eigenvalue weighted by atomic mass is 10.3. The normalized spacial score (nSPS) is 10.9. The number of thiophene rings is 3. The van der Waals surface area contributed by atoms with Gasteiger partial charge in [0, 0.05) is 19.5 Å². The van der Waals surface area contributed by atoms with Crippen LogP contribution in [-0.2, 0) is 0 Å². The zero-order valence-corrected chi connectivity index (χ0v) is 14.8. The molecule has 0 aliphatic rings. The van der Waals surface area contributed by atoms with Gasteiger partial charge >= 0.3 is 0 Å². The number of hydrogen-bond donors (Lipinski definition) is 0. The van der Waals surface area contributed by atoms with Crippen molar-refractivity contribution in [3.63, 3.8) is 0 Å². The van der Waals surface area contributed by atoms with E-state index in [1.54, 1.807) is 48.2 Å². The van der Waals surface area contributed by atoms with Crippen molar-refractivity contribution in [3.05, 3.63) is 34.0 Å². The maximum absolute atomic E-state index is 5.48. The molecule has 0 spiro atoms.